The second-order valence-corrected chi connectivity index (χ2v) is 7.05. The van der Waals surface area contributed by atoms with Crippen LogP contribution in [0.25, 0.3) is 0 Å². The van der Waals surface area contributed by atoms with Crippen molar-refractivity contribution < 1.29 is 9.53 Å². The Balaban J connectivity index is 2.14. The number of hydrogen-bond donors (Lipinski definition) is 0. The first kappa shape index (κ1) is 11.6. The van der Waals surface area contributed by atoms with Crippen LogP contribution >= 0.6 is 0 Å². The molecule has 3 aliphatic rings. The summed E-state index contributed by atoms with van der Waals surface area (Å²) in [5, 5.41) is 0. The van der Waals surface area contributed by atoms with Gasteiger partial charge in [0.25, 0.3) is 0 Å². The van der Waals surface area contributed by atoms with Crippen molar-refractivity contribution in [1.29, 1.82) is 0 Å². The number of fused-ring (bicyclic) bond motifs is 1. The Hall–Kier alpha value is -0.530. The second kappa shape index (κ2) is 3.27. The quantitative estimate of drug-likeness (QED) is 0.689. The van der Waals surface area contributed by atoms with Gasteiger partial charge in [-0.3, -0.25) is 4.79 Å². The fourth-order valence-electron chi connectivity index (χ4n) is 5.87. The van der Waals surface area contributed by atoms with Crippen molar-refractivity contribution in [3.05, 3.63) is 0 Å². The van der Waals surface area contributed by atoms with E-state index in [4.69, 9.17) is 4.74 Å². The average Bonchev–Trinajstić information content (AvgIpc) is 2.80. The fraction of sp³-hybridized carbons (Fsp3) is 0.933. The molecular formula is C15H24O2. The maximum absolute atomic E-state index is 12.2. The van der Waals surface area contributed by atoms with E-state index in [1.165, 1.54) is 6.42 Å². The van der Waals surface area contributed by atoms with E-state index in [0.29, 0.717) is 29.6 Å². The lowest BCUT2D eigenvalue weighted by Gasteiger charge is -2.49. The lowest BCUT2D eigenvalue weighted by Crippen LogP contribution is -2.49. The van der Waals surface area contributed by atoms with Crippen molar-refractivity contribution in [3.63, 3.8) is 0 Å². The van der Waals surface area contributed by atoms with E-state index in [0.717, 1.165) is 0 Å². The molecule has 2 heteroatoms. The van der Waals surface area contributed by atoms with Gasteiger partial charge in [0.05, 0.1) is 5.92 Å². The van der Waals surface area contributed by atoms with E-state index in [1.807, 2.05) is 0 Å². The molecular weight excluding hydrogens is 212 g/mol. The molecule has 2 saturated carbocycles. The molecule has 2 aliphatic carbocycles. The highest BCUT2D eigenvalue weighted by Gasteiger charge is 2.73. The molecule has 0 amide bonds. The van der Waals surface area contributed by atoms with Gasteiger partial charge in [0, 0.05) is 5.92 Å². The highest BCUT2D eigenvalue weighted by atomic mass is 16.6. The Labute approximate surface area is 104 Å². The normalized spacial score (nSPS) is 46.1. The minimum atomic E-state index is 0.106. The van der Waals surface area contributed by atoms with E-state index in [9.17, 15) is 4.79 Å². The van der Waals surface area contributed by atoms with Crippen LogP contribution in [0.1, 0.15) is 41.0 Å². The Morgan fingerprint density at radius 2 is 1.82 bits per heavy atom. The van der Waals surface area contributed by atoms with Crippen molar-refractivity contribution in [2.24, 2.45) is 40.9 Å². The third kappa shape index (κ3) is 1.06. The molecule has 0 N–H and O–H groups in total. The van der Waals surface area contributed by atoms with Gasteiger partial charge in [-0.1, -0.05) is 34.6 Å². The molecule has 0 radical (unpaired) electrons. The summed E-state index contributed by atoms with van der Waals surface area (Å²) in [6.07, 6.45) is 1.46. The van der Waals surface area contributed by atoms with Crippen LogP contribution in [0.15, 0.2) is 0 Å². The lowest BCUT2D eigenvalue weighted by atomic mass is 9.53. The van der Waals surface area contributed by atoms with Crippen molar-refractivity contribution in [3.8, 4) is 0 Å². The zero-order valence-electron chi connectivity index (χ0n) is 11.6. The second-order valence-electron chi connectivity index (χ2n) is 7.05. The summed E-state index contributed by atoms with van der Waals surface area (Å²) in [5.74, 6) is 3.20. The van der Waals surface area contributed by atoms with E-state index in [2.05, 4.69) is 34.6 Å². The van der Waals surface area contributed by atoms with E-state index < -0.39 is 0 Å². The van der Waals surface area contributed by atoms with E-state index >= 15 is 0 Å². The molecule has 1 heterocycles. The Morgan fingerprint density at radius 1 is 1.24 bits per heavy atom. The van der Waals surface area contributed by atoms with Crippen molar-refractivity contribution >= 4 is 5.97 Å². The molecule has 96 valence electrons. The Bertz CT molecular complexity index is 350. The summed E-state index contributed by atoms with van der Waals surface area (Å²) < 4.78 is 5.67. The minimum Gasteiger partial charge on any atom is -0.462 e. The SMILES string of the molecule is CC1C2OC(=O)C3C2CC1C3(C(C)C)C(C)C. The molecule has 5 unspecified atom stereocenters. The molecule has 1 saturated heterocycles. The lowest BCUT2D eigenvalue weighted by molar-refractivity contribution is -0.147. The fourth-order valence-corrected chi connectivity index (χ4v) is 5.87. The molecule has 0 aromatic rings. The number of esters is 1. The average molecular weight is 236 g/mol. The molecule has 1 aliphatic heterocycles. The molecule has 2 nitrogen and oxygen atoms in total. The van der Waals surface area contributed by atoms with Crippen molar-refractivity contribution in [2.45, 2.75) is 47.1 Å². The molecule has 0 spiro atoms. The first-order valence-corrected chi connectivity index (χ1v) is 7.12. The van der Waals surface area contributed by atoms with Gasteiger partial charge in [-0.25, -0.2) is 0 Å². The Kier molecular flexibility index (Phi) is 2.22. The van der Waals surface area contributed by atoms with Gasteiger partial charge >= 0.3 is 5.97 Å². The molecule has 3 rings (SSSR count). The highest BCUT2D eigenvalue weighted by molar-refractivity contribution is 5.78. The maximum atomic E-state index is 12.2. The van der Waals surface area contributed by atoms with Crippen LogP contribution in [0, 0.1) is 40.9 Å². The molecule has 3 fully saturated rings. The van der Waals surface area contributed by atoms with Crippen LogP contribution in [0.5, 0.6) is 0 Å². The van der Waals surface area contributed by atoms with Crippen LogP contribution in [0.2, 0.25) is 0 Å². The number of ether oxygens (including phenoxy) is 1. The topological polar surface area (TPSA) is 26.3 Å². The number of rotatable bonds is 2. The minimum absolute atomic E-state index is 0.106. The van der Waals surface area contributed by atoms with Gasteiger partial charge in [0.2, 0.25) is 0 Å². The molecule has 0 aromatic carbocycles. The zero-order chi connectivity index (χ0) is 12.5. The predicted molar refractivity (Wildman–Crippen MR) is 66.2 cm³/mol. The molecule has 0 aromatic heterocycles. The smallest absolute Gasteiger partial charge is 0.310 e. The number of carbonyl (C=O) groups is 1. The van der Waals surface area contributed by atoms with E-state index in [-0.39, 0.29) is 23.4 Å². The zero-order valence-corrected chi connectivity index (χ0v) is 11.6. The van der Waals surface area contributed by atoms with Crippen LogP contribution in [-0.2, 0) is 9.53 Å². The summed E-state index contributed by atoms with van der Waals surface area (Å²) in [4.78, 5) is 12.2. The third-order valence-corrected chi connectivity index (χ3v) is 6.22. The highest BCUT2D eigenvalue weighted by Crippen LogP contribution is 2.70. The maximum Gasteiger partial charge on any atom is 0.310 e. The summed E-state index contributed by atoms with van der Waals surface area (Å²) in [6, 6.07) is 0. The molecule has 2 bridgehead atoms. The van der Waals surface area contributed by atoms with Gasteiger partial charge < -0.3 is 4.74 Å². The van der Waals surface area contributed by atoms with Crippen LogP contribution in [0.4, 0.5) is 0 Å². The first-order chi connectivity index (χ1) is 7.92. The number of hydrogen-bond acceptors (Lipinski definition) is 2. The van der Waals surface area contributed by atoms with Crippen molar-refractivity contribution in [2.75, 3.05) is 0 Å². The van der Waals surface area contributed by atoms with Gasteiger partial charge in [-0.2, -0.15) is 0 Å². The van der Waals surface area contributed by atoms with Crippen LogP contribution in [0.3, 0.4) is 0 Å². The summed E-state index contributed by atoms with van der Waals surface area (Å²) >= 11 is 0. The van der Waals surface area contributed by atoms with E-state index in [1.54, 1.807) is 0 Å². The summed E-state index contributed by atoms with van der Waals surface area (Å²) in [6.45, 7) is 11.5. The standard InChI is InChI=1S/C15H24O2/c1-7(2)15(8(3)4)11-6-10-12(15)14(16)17-13(10)9(11)5/h7-13H,6H2,1-5H3. The Morgan fingerprint density at radius 3 is 2.35 bits per heavy atom. The monoisotopic (exact) mass is 236 g/mol. The van der Waals surface area contributed by atoms with Gasteiger partial charge in [0.1, 0.15) is 6.10 Å². The largest absolute Gasteiger partial charge is 0.462 e. The molecule has 17 heavy (non-hydrogen) atoms. The predicted octanol–water partition coefficient (Wildman–Crippen LogP) is 3.11. The van der Waals surface area contributed by atoms with Crippen molar-refractivity contribution in [1.82, 2.24) is 0 Å². The van der Waals surface area contributed by atoms with Crippen LogP contribution in [-0.4, -0.2) is 12.1 Å². The number of carbonyl (C=O) groups excluding carboxylic acids is 1. The summed E-state index contributed by atoms with van der Waals surface area (Å²) in [5.41, 5.74) is 0.189. The van der Waals surface area contributed by atoms with Gasteiger partial charge in [-0.05, 0) is 35.5 Å². The summed E-state index contributed by atoms with van der Waals surface area (Å²) in [7, 11) is 0. The van der Waals surface area contributed by atoms with Gasteiger partial charge in [0.15, 0.2) is 0 Å². The first-order valence-electron chi connectivity index (χ1n) is 7.12. The third-order valence-electron chi connectivity index (χ3n) is 6.22. The van der Waals surface area contributed by atoms with Gasteiger partial charge in [-0.15, -0.1) is 0 Å². The van der Waals surface area contributed by atoms with Crippen LogP contribution < -0.4 is 0 Å². The molecule has 5 atom stereocenters.